The predicted octanol–water partition coefficient (Wildman–Crippen LogP) is 4.24. The van der Waals surface area contributed by atoms with Crippen LogP contribution in [0.15, 0.2) is 12.1 Å². The summed E-state index contributed by atoms with van der Waals surface area (Å²) in [5.41, 5.74) is 0.399. The minimum absolute atomic E-state index is 0.00563. The van der Waals surface area contributed by atoms with E-state index in [0.29, 0.717) is 24.5 Å². The first-order valence-electron chi connectivity index (χ1n) is 7.85. The first-order valence-corrected chi connectivity index (χ1v) is 9.54. The number of rotatable bonds is 4. The molecule has 2 atom stereocenters. The van der Waals surface area contributed by atoms with Gasteiger partial charge < -0.3 is 9.84 Å². The Morgan fingerprint density at radius 2 is 2.00 bits per heavy atom. The summed E-state index contributed by atoms with van der Waals surface area (Å²) >= 11 is 5.78. The average Bonchev–Trinajstić information content (AvgIpc) is 2.51. The van der Waals surface area contributed by atoms with E-state index in [9.17, 15) is 13.7 Å². The molecule has 0 unspecified atom stereocenters. The van der Waals surface area contributed by atoms with E-state index in [1.807, 2.05) is 20.8 Å². The van der Waals surface area contributed by atoms with Gasteiger partial charge in [0.2, 0.25) is 0 Å². The molecule has 0 aliphatic carbocycles. The van der Waals surface area contributed by atoms with Crippen LogP contribution in [0.5, 0.6) is 5.75 Å². The highest BCUT2D eigenvalue weighted by atomic mass is 35.5. The van der Waals surface area contributed by atoms with E-state index in [4.69, 9.17) is 16.3 Å². The molecule has 0 amide bonds. The van der Waals surface area contributed by atoms with Crippen LogP contribution in [-0.2, 0) is 15.5 Å². The predicted molar refractivity (Wildman–Crippen MR) is 92.1 cm³/mol. The Morgan fingerprint density at radius 3 is 2.57 bits per heavy atom. The molecular weight excluding hydrogens is 339 g/mol. The van der Waals surface area contributed by atoms with E-state index >= 15 is 0 Å². The van der Waals surface area contributed by atoms with Crippen LogP contribution in [-0.4, -0.2) is 33.0 Å². The van der Waals surface area contributed by atoms with Crippen molar-refractivity contribution >= 4 is 22.4 Å². The zero-order valence-corrected chi connectivity index (χ0v) is 15.3. The number of hydrogen-bond acceptors (Lipinski definition) is 3. The first kappa shape index (κ1) is 18.7. The Hall–Kier alpha value is -0.650. The molecule has 1 saturated heterocycles. The highest BCUT2D eigenvalue weighted by Crippen LogP contribution is 2.39. The molecule has 1 aromatic carbocycles. The maximum absolute atomic E-state index is 14.5. The summed E-state index contributed by atoms with van der Waals surface area (Å²) in [4.78, 5) is 0. The normalized spacial score (nSPS) is 19.5. The Labute approximate surface area is 144 Å². The van der Waals surface area contributed by atoms with Crippen LogP contribution in [0.1, 0.15) is 45.1 Å². The van der Waals surface area contributed by atoms with E-state index in [-0.39, 0.29) is 21.6 Å². The largest absolute Gasteiger partial charge is 0.504 e. The molecule has 0 spiro atoms. The van der Waals surface area contributed by atoms with Crippen LogP contribution in [0.4, 0.5) is 4.39 Å². The molecule has 1 N–H and O–H groups in total. The fourth-order valence-corrected chi connectivity index (χ4v) is 4.28. The molecule has 3 nitrogen and oxygen atoms in total. The maximum atomic E-state index is 14.5. The number of halogens is 2. The number of hydrogen-bond donors (Lipinski definition) is 1. The summed E-state index contributed by atoms with van der Waals surface area (Å²) in [5.74, 6) is -0.887. The first-order chi connectivity index (χ1) is 10.7. The second-order valence-electron chi connectivity index (χ2n) is 6.98. The molecule has 1 aliphatic heterocycles. The van der Waals surface area contributed by atoms with Gasteiger partial charge in [0, 0.05) is 40.4 Å². The number of benzene rings is 1. The van der Waals surface area contributed by atoms with Crippen LogP contribution in [0.25, 0.3) is 0 Å². The van der Waals surface area contributed by atoms with Gasteiger partial charge >= 0.3 is 0 Å². The van der Waals surface area contributed by atoms with Gasteiger partial charge in [-0.05, 0) is 51.2 Å². The maximum Gasteiger partial charge on any atom is 0.170 e. The molecule has 1 fully saturated rings. The standard InChI is InChI=1S/C17H24ClFO3S/c1-17(2,3)23(21)10-13(11-6-8-22-9-7-11)12-4-5-14(18)16(20)15(12)19/h4-5,11,13,20H,6-10H2,1-3H3/t13-,23-/m0/s1. The second-order valence-corrected chi connectivity index (χ2v) is 9.64. The van der Waals surface area contributed by atoms with E-state index in [0.717, 1.165) is 12.8 Å². The number of phenols is 1. The third-order valence-corrected chi connectivity index (χ3v) is 6.68. The van der Waals surface area contributed by atoms with E-state index in [1.54, 1.807) is 6.07 Å². The highest BCUT2D eigenvalue weighted by molar-refractivity contribution is 7.86. The molecule has 23 heavy (non-hydrogen) atoms. The minimum atomic E-state index is -1.11. The summed E-state index contributed by atoms with van der Waals surface area (Å²) in [7, 11) is -1.11. The Balaban J connectivity index is 2.37. The van der Waals surface area contributed by atoms with Gasteiger partial charge in [-0.15, -0.1) is 0 Å². The third kappa shape index (κ3) is 4.46. The quantitative estimate of drug-likeness (QED) is 0.871. The molecule has 0 bridgehead atoms. The van der Waals surface area contributed by atoms with Gasteiger partial charge in [-0.2, -0.15) is 0 Å². The van der Waals surface area contributed by atoms with Crippen molar-refractivity contribution in [2.75, 3.05) is 19.0 Å². The van der Waals surface area contributed by atoms with E-state index < -0.39 is 22.4 Å². The molecule has 1 aliphatic rings. The van der Waals surface area contributed by atoms with Crippen molar-refractivity contribution in [3.63, 3.8) is 0 Å². The Morgan fingerprint density at radius 1 is 1.39 bits per heavy atom. The lowest BCUT2D eigenvalue weighted by atomic mass is 9.82. The van der Waals surface area contributed by atoms with Crippen LogP contribution >= 0.6 is 11.6 Å². The Bertz CT molecular complexity index is 580. The van der Waals surface area contributed by atoms with Crippen molar-refractivity contribution in [3.8, 4) is 5.75 Å². The smallest absolute Gasteiger partial charge is 0.170 e. The van der Waals surface area contributed by atoms with Gasteiger partial charge in [-0.25, -0.2) is 4.39 Å². The van der Waals surface area contributed by atoms with Gasteiger partial charge in [-0.1, -0.05) is 17.7 Å². The summed E-state index contributed by atoms with van der Waals surface area (Å²) < 4.78 is 32.2. The van der Waals surface area contributed by atoms with Crippen molar-refractivity contribution in [2.45, 2.75) is 44.3 Å². The third-order valence-electron chi connectivity index (χ3n) is 4.35. The molecule has 0 radical (unpaired) electrons. The summed E-state index contributed by atoms with van der Waals surface area (Å²) in [5, 5.41) is 9.82. The molecule has 1 aromatic rings. The van der Waals surface area contributed by atoms with Crippen molar-refractivity contribution in [1.29, 1.82) is 0 Å². The monoisotopic (exact) mass is 362 g/mol. The highest BCUT2D eigenvalue weighted by Gasteiger charge is 2.33. The van der Waals surface area contributed by atoms with Crippen molar-refractivity contribution in [2.24, 2.45) is 5.92 Å². The lowest BCUT2D eigenvalue weighted by Gasteiger charge is -2.32. The van der Waals surface area contributed by atoms with Crippen LogP contribution in [0.3, 0.4) is 0 Å². The van der Waals surface area contributed by atoms with Gasteiger partial charge in [0.15, 0.2) is 11.6 Å². The lowest BCUT2D eigenvalue weighted by Crippen LogP contribution is -2.32. The minimum Gasteiger partial charge on any atom is -0.504 e. The Kier molecular flexibility index (Phi) is 6.09. The summed E-state index contributed by atoms with van der Waals surface area (Å²) in [6.45, 7) is 7.01. The molecule has 6 heteroatoms. The molecule has 0 saturated carbocycles. The van der Waals surface area contributed by atoms with Gasteiger partial charge in [0.1, 0.15) is 0 Å². The van der Waals surface area contributed by atoms with E-state index in [1.165, 1.54) is 6.07 Å². The van der Waals surface area contributed by atoms with Gasteiger partial charge in [0.05, 0.1) is 5.02 Å². The molecule has 1 heterocycles. The van der Waals surface area contributed by atoms with Gasteiger partial charge in [0.25, 0.3) is 0 Å². The van der Waals surface area contributed by atoms with Crippen molar-refractivity contribution in [3.05, 3.63) is 28.5 Å². The van der Waals surface area contributed by atoms with Crippen LogP contribution in [0, 0.1) is 11.7 Å². The number of ether oxygens (including phenoxy) is 1. The average molecular weight is 363 g/mol. The van der Waals surface area contributed by atoms with Crippen molar-refractivity contribution in [1.82, 2.24) is 0 Å². The second kappa shape index (κ2) is 7.49. The number of aromatic hydroxyl groups is 1. The topological polar surface area (TPSA) is 46.5 Å². The zero-order valence-electron chi connectivity index (χ0n) is 13.8. The summed E-state index contributed by atoms with van der Waals surface area (Å²) in [6.07, 6.45) is 1.60. The summed E-state index contributed by atoms with van der Waals surface area (Å²) in [6, 6.07) is 3.11. The van der Waals surface area contributed by atoms with Crippen LogP contribution < -0.4 is 0 Å². The SMILES string of the molecule is CC(C)(C)[S@@](=O)C[C@H](c1ccc(Cl)c(O)c1F)C1CCOCC1. The molecule has 2 rings (SSSR count). The molecule has 0 aromatic heterocycles. The molecule has 130 valence electrons. The molecular formula is C17H24ClFO3S. The van der Waals surface area contributed by atoms with Crippen molar-refractivity contribution < 1.29 is 18.4 Å². The lowest BCUT2D eigenvalue weighted by molar-refractivity contribution is 0.0596. The van der Waals surface area contributed by atoms with E-state index in [2.05, 4.69) is 0 Å². The zero-order chi connectivity index (χ0) is 17.2. The number of phenolic OH excluding ortho intramolecular Hbond substituents is 1. The van der Waals surface area contributed by atoms with Crippen LogP contribution in [0.2, 0.25) is 5.02 Å². The fourth-order valence-electron chi connectivity index (χ4n) is 2.85. The fraction of sp³-hybridized carbons (Fsp3) is 0.647. The van der Waals surface area contributed by atoms with Gasteiger partial charge in [-0.3, -0.25) is 4.21 Å².